The highest BCUT2D eigenvalue weighted by molar-refractivity contribution is 7.90. The average Bonchev–Trinajstić information content (AvgIpc) is 3.48. The van der Waals surface area contributed by atoms with Gasteiger partial charge in [0.1, 0.15) is 5.82 Å². The highest BCUT2D eigenvalue weighted by Crippen LogP contribution is 2.24. The lowest BCUT2D eigenvalue weighted by molar-refractivity contribution is 0.0497. The normalized spacial score (nSPS) is 15.9. The van der Waals surface area contributed by atoms with Gasteiger partial charge in [0, 0.05) is 24.7 Å². The Kier molecular flexibility index (Phi) is 8.67. The quantitative estimate of drug-likeness (QED) is 0.351. The molecule has 0 radical (unpaired) electrons. The summed E-state index contributed by atoms with van der Waals surface area (Å²) in [6.45, 7) is 5.30. The molecule has 198 valence electrons. The van der Waals surface area contributed by atoms with Gasteiger partial charge in [0.2, 0.25) is 15.0 Å². The lowest BCUT2D eigenvalue weighted by Crippen LogP contribution is -2.38. The van der Waals surface area contributed by atoms with Crippen LogP contribution in [0, 0.1) is 11.7 Å². The fourth-order valence-corrected chi connectivity index (χ4v) is 6.19. The molecule has 1 amide bonds. The van der Waals surface area contributed by atoms with Crippen LogP contribution < -0.4 is 0 Å². The number of nitrogens with zero attached hydrogens (tertiary/aromatic N) is 3. The maximum Gasteiger partial charge on any atom is 0.257 e. The zero-order valence-corrected chi connectivity index (χ0v) is 22.5. The second kappa shape index (κ2) is 11.8. The van der Waals surface area contributed by atoms with E-state index in [1.807, 2.05) is 13.8 Å². The minimum Gasteiger partial charge on any atom is -0.376 e. The molecule has 2 heterocycles. The van der Waals surface area contributed by atoms with Gasteiger partial charge in [-0.3, -0.25) is 4.79 Å². The van der Waals surface area contributed by atoms with Crippen molar-refractivity contribution < 1.29 is 22.3 Å². The lowest BCUT2D eigenvalue weighted by atomic mass is 10.1. The Hall–Kier alpha value is -2.75. The molecule has 10 heteroatoms. The molecule has 37 heavy (non-hydrogen) atoms. The van der Waals surface area contributed by atoms with Gasteiger partial charge in [-0.2, -0.15) is 0 Å². The van der Waals surface area contributed by atoms with Crippen LogP contribution in [0.2, 0.25) is 5.02 Å². The fraction of sp³-hybridized carbons (Fsp3) is 0.407. The number of carbonyl (C=O) groups is 1. The van der Waals surface area contributed by atoms with Crippen LogP contribution in [-0.4, -0.2) is 48.0 Å². The molecule has 1 aliphatic heterocycles. The predicted octanol–water partition coefficient (Wildman–Crippen LogP) is 5.13. The molecule has 1 atom stereocenters. The van der Waals surface area contributed by atoms with Crippen LogP contribution in [-0.2, 0) is 33.4 Å². The van der Waals surface area contributed by atoms with Gasteiger partial charge in [0.05, 0.1) is 35.9 Å². The maximum atomic E-state index is 14.5. The second-order valence-corrected chi connectivity index (χ2v) is 12.0. The molecule has 0 saturated carbocycles. The highest BCUT2D eigenvalue weighted by atomic mass is 35.5. The zero-order chi connectivity index (χ0) is 26.6. The molecule has 4 rings (SSSR count). The van der Waals surface area contributed by atoms with E-state index in [4.69, 9.17) is 16.3 Å². The third kappa shape index (κ3) is 6.77. The summed E-state index contributed by atoms with van der Waals surface area (Å²) in [4.78, 5) is 19.3. The summed E-state index contributed by atoms with van der Waals surface area (Å²) in [5.74, 6) is -1.22. The molecule has 1 unspecified atom stereocenters. The molecular weight excluding hydrogens is 517 g/mol. The van der Waals surface area contributed by atoms with Crippen LogP contribution in [0.5, 0.6) is 0 Å². The summed E-state index contributed by atoms with van der Waals surface area (Å²) in [5.41, 5.74) is 1.08. The summed E-state index contributed by atoms with van der Waals surface area (Å²) in [5, 5.41) is 0.391. The van der Waals surface area contributed by atoms with Crippen molar-refractivity contribution >= 4 is 27.3 Å². The first kappa shape index (κ1) is 27.3. The molecule has 1 fully saturated rings. The summed E-state index contributed by atoms with van der Waals surface area (Å²) in [7, 11) is -3.82. The standard InChI is InChI=1S/C27H31ClFN3O4S/c1-19(2)15-32-22(14-30-27(32)37(34,35)18-20-7-5-8-21(28)13-20)16-31(17-23-9-6-12-36-23)26(33)24-10-3-4-11-25(24)29/h3-5,7-8,10-11,13-14,19,23H,6,9,12,15-18H2,1-2H3. The van der Waals surface area contributed by atoms with Crippen LogP contribution in [0.4, 0.5) is 4.39 Å². The van der Waals surface area contributed by atoms with E-state index >= 15 is 0 Å². The largest absolute Gasteiger partial charge is 0.376 e. The Morgan fingerprint density at radius 2 is 2.03 bits per heavy atom. The van der Waals surface area contributed by atoms with Crippen molar-refractivity contribution in [2.45, 2.75) is 56.8 Å². The SMILES string of the molecule is CC(C)Cn1c(CN(CC2CCCO2)C(=O)c2ccccc2F)cnc1S(=O)(=O)Cc1cccc(Cl)c1. The van der Waals surface area contributed by atoms with Crippen LogP contribution in [0.3, 0.4) is 0 Å². The number of carbonyl (C=O) groups excluding carboxylic acids is 1. The van der Waals surface area contributed by atoms with E-state index in [1.165, 1.54) is 29.3 Å². The van der Waals surface area contributed by atoms with Gasteiger partial charge in [-0.1, -0.05) is 49.7 Å². The van der Waals surface area contributed by atoms with E-state index in [0.29, 0.717) is 29.4 Å². The first-order valence-electron chi connectivity index (χ1n) is 12.3. The Labute approximate surface area is 222 Å². The Bertz CT molecular complexity index is 1350. The smallest absolute Gasteiger partial charge is 0.257 e. The van der Waals surface area contributed by atoms with Gasteiger partial charge in [-0.25, -0.2) is 17.8 Å². The van der Waals surface area contributed by atoms with Gasteiger partial charge in [0.25, 0.3) is 5.91 Å². The van der Waals surface area contributed by atoms with E-state index in [-0.39, 0.29) is 41.6 Å². The number of benzene rings is 2. The van der Waals surface area contributed by atoms with Crippen molar-refractivity contribution in [1.29, 1.82) is 0 Å². The number of ether oxygens (including phenoxy) is 1. The number of amides is 1. The monoisotopic (exact) mass is 547 g/mol. The van der Waals surface area contributed by atoms with E-state index in [1.54, 1.807) is 34.9 Å². The number of rotatable bonds is 10. The minimum atomic E-state index is -3.82. The van der Waals surface area contributed by atoms with Crippen molar-refractivity contribution in [2.75, 3.05) is 13.2 Å². The van der Waals surface area contributed by atoms with Gasteiger partial charge >= 0.3 is 0 Å². The first-order valence-corrected chi connectivity index (χ1v) is 14.3. The molecule has 3 aromatic rings. The third-order valence-electron chi connectivity index (χ3n) is 6.17. The molecule has 0 aliphatic carbocycles. The number of imidazole rings is 1. The third-order valence-corrected chi connectivity index (χ3v) is 8.00. The fourth-order valence-electron chi connectivity index (χ4n) is 4.49. The molecule has 0 N–H and O–H groups in total. The Morgan fingerprint density at radius 3 is 2.70 bits per heavy atom. The van der Waals surface area contributed by atoms with E-state index in [9.17, 15) is 17.6 Å². The van der Waals surface area contributed by atoms with E-state index in [0.717, 1.165) is 12.8 Å². The van der Waals surface area contributed by atoms with Crippen LogP contribution in [0.1, 0.15) is 48.3 Å². The van der Waals surface area contributed by atoms with Crippen molar-refractivity contribution in [1.82, 2.24) is 14.5 Å². The molecule has 1 saturated heterocycles. The van der Waals surface area contributed by atoms with Crippen LogP contribution in [0.25, 0.3) is 0 Å². The topological polar surface area (TPSA) is 81.5 Å². The Morgan fingerprint density at radius 1 is 1.24 bits per heavy atom. The van der Waals surface area contributed by atoms with E-state index in [2.05, 4.69) is 4.98 Å². The zero-order valence-electron chi connectivity index (χ0n) is 20.9. The summed E-state index contributed by atoms with van der Waals surface area (Å²) in [6, 6.07) is 12.6. The average molecular weight is 548 g/mol. The number of sulfone groups is 1. The molecule has 2 aromatic carbocycles. The molecule has 0 bridgehead atoms. The second-order valence-electron chi connectivity index (χ2n) is 9.73. The lowest BCUT2D eigenvalue weighted by Gasteiger charge is -2.26. The number of hydrogen-bond acceptors (Lipinski definition) is 5. The molecule has 0 spiro atoms. The van der Waals surface area contributed by atoms with Gasteiger partial charge in [0.15, 0.2) is 0 Å². The molecule has 1 aliphatic rings. The van der Waals surface area contributed by atoms with Gasteiger partial charge < -0.3 is 14.2 Å². The van der Waals surface area contributed by atoms with Crippen molar-refractivity contribution in [3.8, 4) is 0 Å². The van der Waals surface area contributed by atoms with Crippen LogP contribution >= 0.6 is 11.6 Å². The summed E-state index contributed by atoms with van der Waals surface area (Å²) >= 11 is 6.05. The summed E-state index contributed by atoms with van der Waals surface area (Å²) in [6.07, 6.45) is 3.02. The first-order chi connectivity index (χ1) is 17.6. The number of halogens is 2. The molecular formula is C27H31ClFN3O4S. The summed E-state index contributed by atoms with van der Waals surface area (Å²) < 4.78 is 48.8. The minimum absolute atomic E-state index is 0.0378. The molecule has 1 aromatic heterocycles. The van der Waals surface area contributed by atoms with Crippen LogP contribution in [0.15, 0.2) is 59.9 Å². The maximum absolute atomic E-state index is 14.5. The Balaban J connectivity index is 1.68. The molecule has 7 nitrogen and oxygen atoms in total. The number of hydrogen-bond donors (Lipinski definition) is 0. The number of aromatic nitrogens is 2. The van der Waals surface area contributed by atoms with Crippen molar-refractivity contribution in [3.63, 3.8) is 0 Å². The van der Waals surface area contributed by atoms with Crippen molar-refractivity contribution in [3.05, 3.63) is 82.4 Å². The predicted molar refractivity (Wildman–Crippen MR) is 140 cm³/mol. The van der Waals surface area contributed by atoms with Gasteiger partial charge in [-0.15, -0.1) is 0 Å². The van der Waals surface area contributed by atoms with E-state index < -0.39 is 21.6 Å². The van der Waals surface area contributed by atoms with Gasteiger partial charge in [-0.05, 0) is 48.6 Å². The highest BCUT2D eigenvalue weighted by Gasteiger charge is 2.29. The van der Waals surface area contributed by atoms with Crippen molar-refractivity contribution in [2.24, 2.45) is 5.92 Å².